The molecule has 0 atom stereocenters. The van der Waals surface area contributed by atoms with Gasteiger partial charge in [0, 0.05) is 19.2 Å². The first-order chi connectivity index (χ1) is 8.16. The third kappa shape index (κ3) is 2.94. The lowest BCUT2D eigenvalue weighted by molar-refractivity contribution is -0.137. The van der Waals surface area contributed by atoms with Gasteiger partial charge in [0.05, 0.1) is 11.3 Å². The number of nitrogens with zero attached hydrogens (tertiary/aromatic N) is 3. The van der Waals surface area contributed by atoms with E-state index in [0.29, 0.717) is 11.4 Å². The lowest BCUT2D eigenvalue weighted by Gasteiger charge is -2.02. The molecule has 5 nitrogen and oxygen atoms in total. The van der Waals surface area contributed by atoms with Crippen LogP contribution in [0.3, 0.4) is 0 Å². The lowest BCUT2D eigenvalue weighted by atomic mass is 10.2. The second-order valence-electron chi connectivity index (χ2n) is 3.79. The summed E-state index contributed by atoms with van der Waals surface area (Å²) in [6, 6.07) is 1.76. The molecule has 6 heteroatoms. The quantitative estimate of drug-likeness (QED) is 0.831. The van der Waals surface area contributed by atoms with Crippen LogP contribution >= 0.6 is 11.6 Å². The minimum atomic E-state index is -0.759. The molecule has 1 N–H and O–H groups in total. The molecule has 0 spiro atoms. The Labute approximate surface area is 103 Å². The van der Waals surface area contributed by atoms with Gasteiger partial charge in [-0.05, 0) is 18.9 Å². The van der Waals surface area contributed by atoms with Crippen LogP contribution in [-0.4, -0.2) is 25.6 Å². The molecule has 0 aliphatic carbocycles. The summed E-state index contributed by atoms with van der Waals surface area (Å²) in [7, 11) is 0. The van der Waals surface area contributed by atoms with Crippen molar-refractivity contribution >= 4 is 28.7 Å². The average molecular weight is 254 g/mol. The van der Waals surface area contributed by atoms with Gasteiger partial charge in [0.25, 0.3) is 0 Å². The molecule has 2 aromatic heterocycles. The number of carboxylic acids is 1. The third-order valence-corrected chi connectivity index (χ3v) is 2.67. The first kappa shape index (κ1) is 11.9. The summed E-state index contributed by atoms with van der Waals surface area (Å²) >= 11 is 5.81. The molecule has 0 fully saturated rings. The second-order valence-corrected chi connectivity index (χ2v) is 4.22. The fourth-order valence-corrected chi connectivity index (χ4v) is 1.80. The van der Waals surface area contributed by atoms with E-state index in [-0.39, 0.29) is 6.42 Å². The Morgan fingerprint density at radius 3 is 3.00 bits per heavy atom. The van der Waals surface area contributed by atoms with E-state index in [1.54, 1.807) is 18.6 Å². The number of aliphatic carboxylic acids is 1. The molecule has 0 amide bonds. The Balaban J connectivity index is 2.01. The van der Waals surface area contributed by atoms with Gasteiger partial charge in [-0.2, -0.15) is 0 Å². The summed E-state index contributed by atoms with van der Waals surface area (Å²) < 4.78 is 1.91. The highest BCUT2D eigenvalue weighted by Gasteiger charge is 2.04. The number of aryl methyl sites for hydroxylation is 1. The van der Waals surface area contributed by atoms with Crippen LogP contribution in [0.15, 0.2) is 18.6 Å². The molecule has 0 aliphatic rings. The zero-order chi connectivity index (χ0) is 12.3. The molecule has 2 heterocycles. The number of halogens is 1. The molecule has 0 aromatic carbocycles. The lowest BCUT2D eigenvalue weighted by Crippen LogP contribution is -2.00. The maximum Gasteiger partial charge on any atom is 0.303 e. The molecule has 0 radical (unpaired) electrons. The van der Waals surface area contributed by atoms with E-state index in [4.69, 9.17) is 16.7 Å². The minimum absolute atomic E-state index is 0.200. The Morgan fingerprint density at radius 2 is 2.24 bits per heavy atom. The maximum absolute atomic E-state index is 10.4. The summed E-state index contributed by atoms with van der Waals surface area (Å²) in [4.78, 5) is 18.8. The van der Waals surface area contributed by atoms with E-state index in [0.717, 1.165) is 24.1 Å². The molecule has 2 rings (SSSR count). The summed E-state index contributed by atoms with van der Waals surface area (Å²) in [5.74, 6) is -0.759. The van der Waals surface area contributed by atoms with Crippen molar-refractivity contribution < 1.29 is 9.90 Å². The van der Waals surface area contributed by atoms with Crippen molar-refractivity contribution in [3.05, 3.63) is 23.6 Å². The van der Waals surface area contributed by atoms with E-state index in [9.17, 15) is 4.79 Å². The van der Waals surface area contributed by atoms with E-state index in [1.165, 1.54) is 0 Å². The predicted molar refractivity (Wildman–Crippen MR) is 64.0 cm³/mol. The number of rotatable bonds is 5. The highest BCUT2D eigenvalue weighted by Crippen LogP contribution is 2.15. The number of carbonyl (C=O) groups is 1. The highest BCUT2D eigenvalue weighted by molar-refractivity contribution is 6.30. The number of unbranched alkanes of at least 4 members (excludes halogenated alkanes) is 1. The fraction of sp³-hybridized carbons (Fsp3) is 0.364. The van der Waals surface area contributed by atoms with Gasteiger partial charge in [-0.15, -0.1) is 0 Å². The molecule has 2 aromatic rings. The molecule has 0 bridgehead atoms. The average Bonchev–Trinajstić information content (AvgIpc) is 2.66. The fourth-order valence-electron chi connectivity index (χ4n) is 1.65. The number of imidazole rings is 1. The summed E-state index contributed by atoms with van der Waals surface area (Å²) in [5.41, 5.74) is 1.54. The Hall–Kier alpha value is -1.62. The standard InChI is InChI=1S/C11H12ClN3O2/c12-8-5-9-11(13-6-8)15(7-14-9)4-2-1-3-10(16)17/h5-7H,1-4H2,(H,16,17). The highest BCUT2D eigenvalue weighted by atomic mass is 35.5. The molecule has 0 saturated carbocycles. The second kappa shape index (κ2) is 5.14. The SMILES string of the molecule is O=C(O)CCCCn1cnc2cc(Cl)cnc21. The van der Waals surface area contributed by atoms with Crippen LogP contribution in [0.4, 0.5) is 0 Å². The summed E-state index contributed by atoms with van der Waals surface area (Å²) in [6.45, 7) is 0.721. The van der Waals surface area contributed by atoms with Crippen molar-refractivity contribution in [1.82, 2.24) is 14.5 Å². The van der Waals surface area contributed by atoms with Gasteiger partial charge < -0.3 is 9.67 Å². The number of hydrogen-bond acceptors (Lipinski definition) is 3. The van der Waals surface area contributed by atoms with E-state index in [1.807, 2.05) is 4.57 Å². The van der Waals surface area contributed by atoms with Gasteiger partial charge in [-0.3, -0.25) is 4.79 Å². The van der Waals surface area contributed by atoms with Crippen LogP contribution < -0.4 is 0 Å². The van der Waals surface area contributed by atoms with E-state index in [2.05, 4.69) is 9.97 Å². The topological polar surface area (TPSA) is 68.0 Å². The summed E-state index contributed by atoms with van der Waals surface area (Å²) in [5, 5.41) is 9.09. The zero-order valence-electron chi connectivity index (χ0n) is 9.14. The molecular formula is C11H12ClN3O2. The first-order valence-corrected chi connectivity index (χ1v) is 5.73. The van der Waals surface area contributed by atoms with E-state index >= 15 is 0 Å². The number of pyridine rings is 1. The van der Waals surface area contributed by atoms with Gasteiger partial charge in [0.15, 0.2) is 5.65 Å². The summed E-state index contributed by atoms with van der Waals surface area (Å²) in [6.07, 6.45) is 4.94. The van der Waals surface area contributed by atoms with Gasteiger partial charge in [0.2, 0.25) is 0 Å². The number of hydrogen-bond donors (Lipinski definition) is 1. The van der Waals surface area contributed by atoms with E-state index < -0.39 is 5.97 Å². The maximum atomic E-state index is 10.4. The van der Waals surface area contributed by atoms with Crippen molar-refractivity contribution in [2.45, 2.75) is 25.8 Å². The molecule has 17 heavy (non-hydrogen) atoms. The van der Waals surface area contributed by atoms with Crippen LogP contribution in [0.2, 0.25) is 5.02 Å². The Morgan fingerprint density at radius 1 is 1.41 bits per heavy atom. The van der Waals surface area contributed by atoms with Crippen molar-refractivity contribution in [3.8, 4) is 0 Å². The number of aromatic nitrogens is 3. The van der Waals surface area contributed by atoms with Crippen molar-refractivity contribution in [2.75, 3.05) is 0 Å². The van der Waals surface area contributed by atoms with Crippen LogP contribution in [0.1, 0.15) is 19.3 Å². The van der Waals surface area contributed by atoms with Crippen LogP contribution in [0, 0.1) is 0 Å². The molecule has 0 unspecified atom stereocenters. The van der Waals surface area contributed by atoms with Crippen molar-refractivity contribution in [3.63, 3.8) is 0 Å². The normalized spacial score (nSPS) is 10.9. The first-order valence-electron chi connectivity index (χ1n) is 5.35. The van der Waals surface area contributed by atoms with Gasteiger partial charge in [-0.25, -0.2) is 9.97 Å². The zero-order valence-corrected chi connectivity index (χ0v) is 9.89. The van der Waals surface area contributed by atoms with Crippen molar-refractivity contribution in [2.24, 2.45) is 0 Å². The third-order valence-electron chi connectivity index (χ3n) is 2.46. The van der Waals surface area contributed by atoms with Crippen LogP contribution in [-0.2, 0) is 11.3 Å². The van der Waals surface area contributed by atoms with Crippen LogP contribution in [0.25, 0.3) is 11.2 Å². The monoisotopic (exact) mass is 253 g/mol. The molecule has 90 valence electrons. The number of carboxylic acid groups (broad SMARTS) is 1. The Kier molecular flexibility index (Phi) is 3.58. The molecular weight excluding hydrogens is 242 g/mol. The molecule has 0 aliphatic heterocycles. The largest absolute Gasteiger partial charge is 0.481 e. The van der Waals surface area contributed by atoms with Crippen LogP contribution in [0.5, 0.6) is 0 Å². The van der Waals surface area contributed by atoms with Crippen molar-refractivity contribution in [1.29, 1.82) is 0 Å². The van der Waals surface area contributed by atoms with Gasteiger partial charge in [-0.1, -0.05) is 11.6 Å². The van der Waals surface area contributed by atoms with Gasteiger partial charge >= 0.3 is 5.97 Å². The predicted octanol–water partition coefficient (Wildman–Crippen LogP) is 2.34. The minimum Gasteiger partial charge on any atom is -0.481 e. The Bertz CT molecular complexity index is 538. The number of fused-ring (bicyclic) bond motifs is 1. The smallest absolute Gasteiger partial charge is 0.303 e. The van der Waals surface area contributed by atoms with Gasteiger partial charge in [0.1, 0.15) is 5.52 Å². The molecule has 0 saturated heterocycles.